The topological polar surface area (TPSA) is 206 Å². The molecule has 0 bridgehead atoms. The zero-order valence-corrected chi connectivity index (χ0v) is 5.53. The molecule has 0 heterocycles. The Hall–Kier alpha value is 0.326. The van der Waals surface area contributed by atoms with Gasteiger partial charge >= 0.3 is 24.9 Å². The minimum atomic E-state index is 0. The van der Waals surface area contributed by atoms with Gasteiger partial charge in [0.2, 0.25) is 0 Å². The summed E-state index contributed by atoms with van der Waals surface area (Å²) in [5.41, 5.74) is 0. The van der Waals surface area contributed by atoms with Crippen LogP contribution in [0.3, 0.4) is 0 Å². The molecule has 0 aliphatic heterocycles. The molecule has 12 N–H and O–H groups in total. The van der Waals surface area contributed by atoms with Crippen molar-refractivity contribution in [3.63, 3.8) is 0 Å². The van der Waals surface area contributed by atoms with Gasteiger partial charge in [-0.15, -0.1) is 0 Å². The monoisotopic (exact) mass is 148 g/mol. The van der Waals surface area contributed by atoms with E-state index >= 15 is 0 Å². The van der Waals surface area contributed by atoms with Crippen LogP contribution < -0.4 is 0 Å². The van der Waals surface area contributed by atoms with Gasteiger partial charge in [0.15, 0.2) is 0 Å². The van der Waals surface area contributed by atoms with E-state index in [4.69, 9.17) is 3.17 Å². The van der Waals surface area contributed by atoms with Crippen molar-refractivity contribution in [1.82, 2.24) is 0 Å². The summed E-state index contributed by atoms with van der Waals surface area (Å²) in [4.78, 5) is 0. The first-order chi connectivity index (χ1) is 1.00. The van der Waals surface area contributed by atoms with Crippen LogP contribution in [0.25, 0.3) is 0 Å². The third-order valence-corrected chi connectivity index (χ3v) is 0. The molecular weight excluding hydrogens is 136 g/mol. The fourth-order valence-electron chi connectivity index (χ4n) is 0. The van der Waals surface area contributed by atoms with E-state index in [0.29, 0.717) is 21.7 Å². The van der Waals surface area contributed by atoms with Crippen LogP contribution in [0.1, 0.15) is 0 Å². The Morgan fingerprint density at radius 1 is 0.500 bits per heavy atom. The molecule has 0 spiro atoms. The van der Waals surface area contributed by atoms with Crippen LogP contribution in [0.2, 0.25) is 0 Å². The first-order valence-corrected chi connectivity index (χ1v) is 0.866. The first-order valence-electron chi connectivity index (χ1n) is 0.289. The normalized spacial score (nSPS) is 0.750. The molecule has 56 valence electrons. The average molecular weight is 148 g/mol. The Morgan fingerprint density at radius 3 is 0.500 bits per heavy atom. The van der Waals surface area contributed by atoms with E-state index in [2.05, 4.69) is 0 Å². The standard InChI is InChI=1S/Mg.6H2O.O/h;6*1H2;. The fourth-order valence-corrected chi connectivity index (χ4v) is 0. The van der Waals surface area contributed by atoms with Crippen molar-refractivity contribution in [2.75, 3.05) is 0 Å². The van der Waals surface area contributed by atoms with Gasteiger partial charge in [-0.05, 0) is 0 Å². The Morgan fingerprint density at radius 2 is 0.500 bits per heavy atom. The molecule has 0 rings (SSSR count). The maximum absolute atomic E-state index is 8.28. The molecule has 0 aromatic heterocycles. The summed E-state index contributed by atoms with van der Waals surface area (Å²) in [6.07, 6.45) is 0. The van der Waals surface area contributed by atoms with Crippen LogP contribution in [-0.4, -0.2) is 54.5 Å². The van der Waals surface area contributed by atoms with Crippen molar-refractivity contribution in [2.45, 2.75) is 0 Å². The van der Waals surface area contributed by atoms with Crippen LogP contribution in [0.15, 0.2) is 0 Å². The summed E-state index contributed by atoms with van der Waals surface area (Å²) in [5.74, 6) is 0. The van der Waals surface area contributed by atoms with Crippen molar-refractivity contribution in [3.8, 4) is 0 Å². The van der Waals surface area contributed by atoms with Gasteiger partial charge in [0.1, 0.15) is 0 Å². The molecule has 0 radical (unpaired) electrons. The van der Waals surface area contributed by atoms with Crippen molar-refractivity contribution in [2.24, 2.45) is 0 Å². The van der Waals surface area contributed by atoms with Gasteiger partial charge in [0, 0.05) is 0 Å². The molecule has 0 aliphatic carbocycles. The first kappa shape index (κ1) is 254. The van der Waals surface area contributed by atoms with Gasteiger partial charge in [0.05, 0.1) is 0 Å². The van der Waals surface area contributed by atoms with E-state index < -0.39 is 0 Å². The molecule has 7 nitrogen and oxygen atoms in total. The third kappa shape index (κ3) is 1690. The zero-order valence-electron chi connectivity index (χ0n) is 4.12. The van der Waals surface area contributed by atoms with E-state index in [1.807, 2.05) is 0 Å². The number of hydrogen-bond acceptors (Lipinski definition) is 1. The average Bonchev–Trinajstić information content (AvgIpc) is 1.00. The van der Waals surface area contributed by atoms with Crippen LogP contribution in [0.4, 0.5) is 0 Å². The predicted octanol–water partition coefficient (Wildman–Crippen LogP) is -5.45. The van der Waals surface area contributed by atoms with E-state index in [0.717, 1.165) is 0 Å². The van der Waals surface area contributed by atoms with Crippen LogP contribution in [-0.2, 0) is 3.17 Å². The summed E-state index contributed by atoms with van der Waals surface area (Å²) in [5, 5.41) is 0. The Labute approximate surface area is 58.3 Å². The van der Waals surface area contributed by atoms with Gasteiger partial charge < -0.3 is 32.9 Å². The second-order valence-electron chi connectivity index (χ2n) is 0. The molecule has 0 amide bonds. The van der Waals surface area contributed by atoms with Crippen molar-refractivity contribution in [1.29, 1.82) is 0 Å². The molecule has 8 heavy (non-hydrogen) atoms. The van der Waals surface area contributed by atoms with Gasteiger partial charge in [-0.25, -0.2) is 0 Å². The zero-order chi connectivity index (χ0) is 2.00. The minimum absolute atomic E-state index is 0. The number of hydrogen-bond donors (Lipinski definition) is 0. The molecule has 0 saturated heterocycles. The van der Waals surface area contributed by atoms with Crippen molar-refractivity contribution < 1.29 is 36.0 Å². The maximum atomic E-state index is 8.28. The molecule has 0 aliphatic rings. The van der Waals surface area contributed by atoms with Crippen molar-refractivity contribution >= 4 is 21.7 Å². The Balaban J connectivity index is -0.000000000333. The molecule has 0 atom stereocenters. The van der Waals surface area contributed by atoms with Gasteiger partial charge in [-0.1, -0.05) is 0 Å². The quantitative estimate of drug-likeness (QED) is 0.303. The van der Waals surface area contributed by atoms with E-state index in [1.54, 1.807) is 0 Å². The number of rotatable bonds is 0. The Kier molecular flexibility index (Phi) is 87500. The second-order valence-corrected chi connectivity index (χ2v) is 0. The van der Waals surface area contributed by atoms with E-state index in [9.17, 15) is 0 Å². The molecule has 0 saturated carbocycles. The SMILES string of the molecule is O.O.O.O.O.O.[O]=[Mg]. The van der Waals surface area contributed by atoms with E-state index in [-0.39, 0.29) is 32.9 Å². The fraction of sp³-hybridized carbons (Fsp3) is 0. The summed E-state index contributed by atoms with van der Waals surface area (Å²) >= 11 is 0.611. The summed E-state index contributed by atoms with van der Waals surface area (Å²) in [7, 11) is 0. The van der Waals surface area contributed by atoms with Gasteiger partial charge in [0.25, 0.3) is 0 Å². The summed E-state index contributed by atoms with van der Waals surface area (Å²) in [6.45, 7) is 0. The predicted molar refractivity (Wildman–Crippen MR) is 28.1 cm³/mol. The van der Waals surface area contributed by atoms with Crippen LogP contribution in [0, 0.1) is 0 Å². The third-order valence-electron chi connectivity index (χ3n) is 0. The molecule has 0 fully saturated rings. The van der Waals surface area contributed by atoms with Crippen LogP contribution in [0.5, 0.6) is 0 Å². The van der Waals surface area contributed by atoms with Crippen molar-refractivity contribution in [3.05, 3.63) is 0 Å². The van der Waals surface area contributed by atoms with E-state index in [1.165, 1.54) is 0 Å². The summed E-state index contributed by atoms with van der Waals surface area (Å²) < 4.78 is 8.28. The molecule has 0 unspecified atom stereocenters. The molecule has 0 aromatic rings. The van der Waals surface area contributed by atoms with Gasteiger partial charge in [-0.3, -0.25) is 0 Å². The van der Waals surface area contributed by atoms with Crippen LogP contribution >= 0.6 is 0 Å². The molecular formula is H12MgO7. The molecule has 8 heteroatoms. The summed E-state index contributed by atoms with van der Waals surface area (Å²) in [6, 6.07) is 0. The second kappa shape index (κ2) is 2750. The van der Waals surface area contributed by atoms with Gasteiger partial charge in [-0.2, -0.15) is 0 Å². The Bertz CT molecular complexity index is 4.35. The molecule has 0 aromatic carbocycles.